The van der Waals surface area contributed by atoms with Crippen LogP contribution in [0.25, 0.3) is 11.3 Å². The van der Waals surface area contributed by atoms with Gasteiger partial charge in [-0.3, -0.25) is 9.48 Å². The monoisotopic (exact) mass is 437 g/mol. The Morgan fingerprint density at radius 3 is 2.28 bits per heavy atom. The van der Waals surface area contributed by atoms with Gasteiger partial charge in [0.05, 0.1) is 5.69 Å². The van der Waals surface area contributed by atoms with Crippen LogP contribution in [0.15, 0.2) is 42.5 Å². The van der Waals surface area contributed by atoms with Gasteiger partial charge in [-0.15, -0.1) is 10.2 Å². The number of halogens is 1. The molecule has 0 bridgehead atoms. The molecule has 0 unspecified atom stereocenters. The summed E-state index contributed by atoms with van der Waals surface area (Å²) < 4.78 is 14.8. The van der Waals surface area contributed by atoms with E-state index in [2.05, 4.69) is 38.9 Å². The van der Waals surface area contributed by atoms with Crippen molar-refractivity contribution in [2.24, 2.45) is 7.05 Å². The number of nitrogens with zero attached hydrogens (tertiary/aromatic N) is 7. The summed E-state index contributed by atoms with van der Waals surface area (Å²) in [5.41, 5.74) is 1.94. The predicted molar refractivity (Wildman–Crippen MR) is 122 cm³/mol. The zero-order valence-electron chi connectivity index (χ0n) is 18.7. The van der Waals surface area contributed by atoms with Crippen molar-refractivity contribution in [3.8, 4) is 11.3 Å². The van der Waals surface area contributed by atoms with E-state index in [1.165, 1.54) is 12.1 Å². The molecule has 0 aliphatic carbocycles. The lowest BCUT2D eigenvalue weighted by Crippen LogP contribution is -2.49. The molecule has 3 aromatic rings. The van der Waals surface area contributed by atoms with E-state index < -0.39 is 0 Å². The first-order valence-electron chi connectivity index (χ1n) is 10.9. The first-order valence-corrected chi connectivity index (χ1v) is 10.9. The quantitative estimate of drug-likeness (QED) is 0.591. The van der Waals surface area contributed by atoms with E-state index in [-0.39, 0.29) is 11.7 Å². The smallest absolute Gasteiger partial charge is 0.272 e. The van der Waals surface area contributed by atoms with E-state index in [0.717, 1.165) is 30.3 Å². The largest absolute Gasteiger partial charge is 0.356 e. The number of aryl methyl sites for hydroxylation is 1. The molecule has 9 heteroatoms. The van der Waals surface area contributed by atoms with E-state index in [4.69, 9.17) is 0 Å². The zero-order chi connectivity index (χ0) is 22.7. The fraction of sp³-hybridized carbons (Fsp3) is 0.391. The second kappa shape index (κ2) is 9.33. The second-order valence-corrected chi connectivity index (χ2v) is 7.75. The Balaban J connectivity index is 1.40. The predicted octanol–water partition coefficient (Wildman–Crippen LogP) is 2.82. The Kier molecular flexibility index (Phi) is 6.34. The summed E-state index contributed by atoms with van der Waals surface area (Å²) in [6, 6.07) is 11.9. The normalized spacial score (nSPS) is 14.0. The summed E-state index contributed by atoms with van der Waals surface area (Å²) in [6.07, 6.45) is 0. The summed E-state index contributed by atoms with van der Waals surface area (Å²) in [7, 11) is 1.75. The molecule has 4 rings (SSSR count). The van der Waals surface area contributed by atoms with Crippen molar-refractivity contribution in [2.45, 2.75) is 13.8 Å². The summed E-state index contributed by atoms with van der Waals surface area (Å²) >= 11 is 0. The Bertz CT molecular complexity index is 1050. The van der Waals surface area contributed by atoms with Crippen molar-refractivity contribution in [2.75, 3.05) is 49.1 Å². The summed E-state index contributed by atoms with van der Waals surface area (Å²) in [6.45, 7) is 8.54. The molecular formula is C23H28FN7O. The van der Waals surface area contributed by atoms with Crippen molar-refractivity contribution in [1.82, 2.24) is 24.9 Å². The van der Waals surface area contributed by atoms with Gasteiger partial charge in [0.25, 0.3) is 5.91 Å². The van der Waals surface area contributed by atoms with Gasteiger partial charge in [0.1, 0.15) is 11.5 Å². The highest BCUT2D eigenvalue weighted by molar-refractivity contribution is 5.94. The highest BCUT2D eigenvalue weighted by atomic mass is 19.1. The van der Waals surface area contributed by atoms with Crippen LogP contribution in [0, 0.1) is 5.82 Å². The molecule has 1 aliphatic heterocycles. The SMILES string of the molecule is CCN(CC)c1ccc(N2CCN(C(=O)c3cc(-c4ccc(F)cc4)nn3C)CC2)nn1. The van der Waals surface area contributed by atoms with Gasteiger partial charge in [0, 0.05) is 51.9 Å². The molecule has 32 heavy (non-hydrogen) atoms. The molecule has 8 nitrogen and oxygen atoms in total. The molecule has 2 aromatic heterocycles. The number of rotatable bonds is 6. The number of piperazine rings is 1. The van der Waals surface area contributed by atoms with Crippen molar-refractivity contribution in [3.05, 3.63) is 54.0 Å². The third-order valence-electron chi connectivity index (χ3n) is 5.85. The number of benzene rings is 1. The van der Waals surface area contributed by atoms with Crippen LogP contribution in [-0.2, 0) is 7.05 Å². The lowest BCUT2D eigenvalue weighted by atomic mass is 10.1. The van der Waals surface area contributed by atoms with E-state index in [0.29, 0.717) is 37.6 Å². The van der Waals surface area contributed by atoms with E-state index in [9.17, 15) is 9.18 Å². The molecule has 1 aromatic carbocycles. The van der Waals surface area contributed by atoms with E-state index >= 15 is 0 Å². The number of hydrogen-bond donors (Lipinski definition) is 0. The molecule has 3 heterocycles. The van der Waals surface area contributed by atoms with E-state index in [1.807, 2.05) is 17.0 Å². The van der Waals surface area contributed by atoms with Gasteiger partial charge in [-0.05, 0) is 56.3 Å². The molecule has 0 saturated carbocycles. The number of amides is 1. The number of hydrogen-bond acceptors (Lipinski definition) is 6. The fourth-order valence-electron chi connectivity index (χ4n) is 3.93. The summed E-state index contributed by atoms with van der Waals surface area (Å²) in [5.74, 6) is 1.34. The minimum absolute atomic E-state index is 0.0593. The Morgan fingerprint density at radius 1 is 1.00 bits per heavy atom. The van der Waals surface area contributed by atoms with Crippen LogP contribution >= 0.6 is 0 Å². The molecule has 0 N–H and O–H groups in total. The first kappa shape index (κ1) is 21.7. The third kappa shape index (κ3) is 4.42. The minimum Gasteiger partial charge on any atom is -0.356 e. The Morgan fingerprint density at radius 2 is 1.69 bits per heavy atom. The zero-order valence-corrected chi connectivity index (χ0v) is 18.7. The van der Waals surface area contributed by atoms with Gasteiger partial charge in [-0.2, -0.15) is 5.10 Å². The molecule has 1 aliphatic rings. The highest BCUT2D eigenvalue weighted by Crippen LogP contribution is 2.21. The van der Waals surface area contributed by atoms with Crippen LogP contribution in [0.2, 0.25) is 0 Å². The maximum atomic E-state index is 13.2. The average Bonchev–Trinajstić information content (AvgIpc) is 3.22. The van der Waals surface area contributed by atoms with Crippen LogP contribution in [0.4, 0.5) is 16.0 Å². The minimum atomic E-state index is -0.300. The standard InChI is InChI=1S/C23H28FN7O/c1-4-29(5-2)21-10-11-22(26-25-21)30-12-14-31(15-13-30)23(32)20-16-19(27-28(20)3)17-6-8-18(24)9-7-17/h6-11,16H,4-5,12-15H2,1-3H3. The Labute approximate surface area is 187 Å². The second-order valence-electron chi connectivity index (χ2n) is 7.75. The van der Waals surface area contributed by atoms with E-state index in [1.54, 1.807) is 29.9 Å². The van der Waals surface area contributed by atoms with Crippen LogP contribution in [0.5, 0.6) is 0 Å². The lowest BCUT2D eigenvalue weighted by Gasteiger charge is -2.35. The van der Waals surface area contributed by atoms with Crippen molar-refractivity contribution in [3.63, 3.8) is 0 Å². The van der Waals surface area contributed by atoms with Crippen molar-refractivity contribution >= 4 is 17.5 Å². The van der Waals surface area contributed by atoms with Gasteiger partial charge in [-0.25, -0.2) is 4.39 Å². The maximum Gasteiger partial charge on any atom is 0.272 e. The van der Waals surface area contributed by atoms with Gasteiger partial charge in [0.2, 0.25) is 0 Å². The molecule has 0 atom stereocenters. The van der Waals surface area contributed by atoms with Crippen LogP contribution < -0.4 is 9.80 Å². The van der Waals surface area contributed by atoms with Crippen LogP contribution in [0.1, 0.15) is 24.3 Å². The molecule has 1 amide bonds. The molecule has 0 radical (unpaired) electrons. The van der Waals surface area contributed by atoms with Gasteiger partial charge >= 0.3 is 0 Å². The van der Waals surface area contributed by atoms with Crippen LogP contribution in [0.3, 0.4) is 0 Å². The van der Waals surface area contributed by atoms with Crippen molar-refractivity contribution < 1.29 is 9.18 Å². The third-order valence-corrected chi connectivity index (χ3v) is 5.85. The lowest BCUT2D eigenvalue weighted by molar-refractivity contribution is 0.0735. The molecule has 1 saturated heterocycles. The van der Waals surface area contributed by atoms with Gasteiger partial charge in [0.15, 0.2) is 11.6 Å². The van der Waals surface area contributed by atoms with Crippen LogP contribution in [-0.4, -0.2) is 70.1 Å². The topological polar surface area (TPSA) is 70.4 Å². The summed E-state index contributed by atoms with van der Waals surface area (Å²) in [4.78, 5) is 19.2. The number of aromatic nitrogens is 4. The molecule has 168 valence electrons. The summed E-state index contributed by atoms with van der Waals surface area (Å²) in [5, 5.41) is 13.2. The molecular weight excluding hydrogens is 409 g/mol. The number of anilines is 2. The fourth-order valence-corrected chi connectivity index (χ4v) is 3.93. The van der Waals surface area contributed by atoms with Gasteiger partial charge in [-0.1, -0.05) is 0 Å². The van der Waals surface area contributed by atoms with Gasteiger partial charge < -0.3 is 14.7 Å². The average molecular weight is 438 g/mol. The number of carbonyl (C=O) groups excluding carboxylic acids is 1. The molecule has 0 spiro atoms. The molecule has 1 fully saturated rings. The number of carbonyl (C=O) groups is 1. The van der Waals surface area contributed by atoms with Crippen molar-refractivity contribution in [1.29, 1.82) is 0 Å². The maximum absolute atomic E-state index is 13.2. The first-order chi connectivity index (χ1) is 15.5. The highest BCUT2D eigenvalue weighted by Gasteiger charge is 2.25. The Hall–Kier alpha value is -3.49.